The molecule has 0 aromatic rings. The summed E-state index contributed by atoms with van der Waals surface area (Å²) in [6.07, 6.45) is -5.67. The minimum atomic E-state index is -4.54. The van der Waals surface area contributed by atoms with E-state index in [1.807, 2.05) is 0 Å². The van der Waals surface area contributed by atoms with Crippen LogP contribution in [-0.2, 0) is 14.3 Å². The Balaban J connectivity index is 2.48. The first kappa shape index (κ1) is 14.7. The molecule has 6 nitrogen and oxygen atoms in total. The molecule has 0 unspecified atom stereocenters. The van der Waals surface area contributed by atoms with Gasteiger partial charge in [-0.2, -0.15) is 13.2 Å². The van der Waals surface area contributed by atoms with Gasteiger partial charge in [0, 0.05) is 13.0 Å². The summed E-state index contributed by atoms with van der Waals surface area (Å²) < 4.78 is 39.4. The quantitative estimate of drug-likeness (QED) is 0.727. The van der Waals surface area contributed by atoms with Crippen LogP contribution in [0, 0.1) is 0 Å². The summed E-state index contributed by atoms with van der Waals surface area (Å²) in [5.41, 5.74) is 0. The number of nitrogens with zero attached hydrogens (tertiary/aromatic N) is 1. The van der Waals surface area contributed by atoms with E-state index in [1.165, 1.54) is 0 Å². The minimum Gasteiger partial charge on any atom is -0.480 e. The highest BCUT2D eigenvalue weighted by molar-refractivity contribution is 5.85. The molecule has 0 aliphatic carbocycles. The first-order valence-electron chi connectivity index (χ1n) is 5.05. The van der Waals surface area contributed by atoms with Crippen LogP contribution in [0.5, 0.6) is 0 Å². The van der Waals surface area contributed by atoms with Gasteiger partial charge in [0.1, 0.15) is 19.3 Å². The molecule has 0 saturated carbocycles. The second-order valence-corrected chi connectivity index (χ2v) is 3.90. The van der Waals surface area contributed by atoms with E-state index in [2.05, 4.69) is 4.74 Å². The lowest BCUT2D eigenvalue weighted by Gasteiger charge is -2.21. The molecular formula is C9H12F3NO5. The largest absolute Gasteiger partial charge is 0.480 e. The normalized spacial score (nSPS) is 24.3. The highest BCUT2D eigenvalue weighted by Crippen LogP contribution is 2.19. The van der Waals surface area contributed by atoms with Crippen molar-refractivity contribution in [1.82, 2.24) is 4.90 Å². The number of β-amino-alcohol motifs (C(OH)–C–C–N with tert-alkyl or cyclic N) is 1. The van der Waals surface area contributed by atoms with Gasteiger partial charge in [-0.15, -0.1) is 0 Å². The number of aliphatic hydroxyl groups is 1. The number of aliphatic carboxylic acids is 1. The van der Waals surface area contributed by atoms with Gasteiger partial charge in [-0.1, -0.05) is 0 Å². The van der Waals surface area contributed by atoms with Crippen LogP contribution in [0.3, 0.4) is 0 Å². The highest BCUT2D eigenvalue weighted by atomic mass is 19.4. The topological polar surface area (TPSA) is 87.1 Å². The van der Waals surface area contributed by atoms with Gasteiger partial charge in [0.05, 0.1) is 6.10 Å². The van der Waals surface area contributed by atoms with Gasteiger partial charge in [0.25, 0.3) is 0 Å². The standard InChI is InChI=1S/C9H12F3NO5/c10-9(11,12)4-18-3-7(15)13-2-5(14)1-6(13)8(16)17/h5-6,14H,1-4H2,(H,16,17)/t5-,6+/m1/s1. The van der Waals surface area contributed by atoms with Gasteiger partial charge in [-0.25, -0.2) is 4.79 Å². The highest BCUT2D eigenvalue weighted by Gasteiger charge is 2.39. The first-order chi connectivity index (χ1) is 8.20. The average molecular weight is 271 g/mol. The van der Waals surface area contributed by atoms with Crippen molar-refractivity contribution in [1.29, 1.82) is 0 Å². The Labute approximate surface area is 99.9 Å². The van der Waals surface area contributed by atoms with Crippen molar-refractivity contribution in [3.8, 4) is 0 Å². The van der Waals surface area contributed by atoms with Crippen LogP contribution in [0.15, 0.2) is 0 Å². The maximum Gasteiger partial charge on any atom is 0.411 e. The third kappa shape index (κ3) is 4.15. The number of halogens is 3. The smallest absolute Gasteiger partial charge is 0.411 e. The molecule has 9 heteroatoms. The fourth-order valence-corrected chi connectivity index (χ4v) is 1.66. The summed E-state index contributed by atoms with van der Waals surface area (Å²) >= 11 is 0. The van der Waals surface area contributed by atoms with Crippen molar-refractivity contribution in [3.63, 3.8) is 0 Å². The van der Waals surface area contributed by atoms with E-state index < -0.39 is 43.4 Å². The lowest BCUT2D eigenvalue weighted by molar-refractivity contribution is -0.178. The van der Waals surface area contributed by atoms with E-state index in [9.17, 15) is 27.9 Å². The fourth-order valence-electron chi connectivity index (χ4n) is 1.66. The minimum absolute atomic E-state index is 0.139. The van der Waals surface area contributed by atoms with Gasteiger partial charge in [-0.3, -0.25) is 4.79 Å². The van der Waals surface area contributed by atoms with Crippen molar-refractivity contribution >= 4 is 11.9 Å². The van der Waals surface area contributed by atoms with Crippen LogP contribution in [0.4, 0.5) is 13.2 Å². The number of carbonyl (C=O) groups excluding carboxylic acids is 1. The van der Waals surface area contributed by atoms with Crippen LogP contribution in [0.1, 0.15) is 6.42 Å². The zero-order valence-electron chi connectivity index (χ0n) is 9.18. The van der Waals surface area contributed by atoms with Crippen LogP contribution < -0.4 is 0 Å². The number of aliphatic hydroxyl groups excluding tert-OH is 1. The third-order valence-corrected chi connectivity index (χ3v) is 2.38. The lowest BCUT2D eigenvalue weighted by Crippen LogP contribution is -2.42. The molecule has 1 aliphatic heterocycles. The lowest BCUT2D eigenvalue weighted by atomic mass is 10.2. The number of carboxylic acid groups (broad SMARTS) is 1. The summed E-state index contributed by atoms with van der Waals surface area (Å²) in [7, 11) is 0. The van der Waals surface area contributed by atoms with Crippen molar-refractivity contribution < 1.29 is 37.7 Å². The Hall–Kier alpha value is -1.35. The number of rotatable bonds is 4. The number of amides is 1. The maximum absolute atomic E-state index is 11.8. The summed E-state index contributed by atoms with van der Waals surface area (Å²) in [5.74, 6) is -2.20. The zero-order chi connectivity index (χ0) is 13.9. The number of alkyl halides is 3. The predicted molar refractivity (Wildman–Crippen MR) is 50.6 cm³/mol. The summed E-state index contributed by atoms with van der Waals surface area (Å²) in [6.45, 7) is -2.66. The van der Waals surface area contributed by atoms with Gasteiger partial charge in [0.2, 0.25) is 5.91 Å². The molecule has 2 atom stereocenters. The van der Waals surface area contributed by atoms with Crippen molar-refractivity contribution in [2.75, 3.05) is 19.8 Å². The molecule has 0 aromatic heterocycles. The van der Waals surface area contributed by atoms with Gasteiger partial charge >= 0.3 is 12.1 Å². The molecule has 1 fully saturated rings. The molecule has 1 amide bonds. The summed E-state index contributed by atoms with van der Waals surface area (Å²) in [5, 5.41) is 18.0. The van der Waals surface area contributed by atoms with Crippen LogP contribution in [0.2, 0.25) is 0 Å². The number of carbonyl (C=O) groups is 2. The molecule has 2 N–H and O–H groups in total. The molecule has 104 valence electrons. The van der Waals surface area contributed by atoms with E-state index >= 15 is 0 Å². The van der Waals surface area contributed by atoms with E-state index in [4.69, 9.17) is 5.11 Å². The van der Waals surface area contributed by atoms with Crippen molar-refractivity contribution in [2.45, 2.75) is 24.7 Å². The van der Waals surface area contributed by atoms with Crippen LogP contribution >= 0.6 is 0 Å². The second-order valence-electron chi connectivity index (χ2n) is 3.90. The SMILES string of the molecule is O=C(O)[C@@H]1C[C@@H](O)CN1C(=O)COCC(F)(F)F. The third-order valence-electron chi connectivity index (χ3n) is 2.38. The average Bonchev–Trinajstić information content (AvgIpc) is 2.58. The predicted octanol–water partition coefficient (Wildman–Crippen LogP) is -0.388. The first-order valence-corrected chi connectivity index (χ1v) is 5.05. The number of likely N-dealkylation sites (tertiary alicyclic amines) is 1. The zero-order valence-corrected chi connectivity index (χ0v) is 9.18. The van der Waals surface area contributed by atoms with E-state index in [0.717, 1.165) is 4.90 Å². The molecule has 0 aromatic carbocycles. The molecule has 1 saturated heterocycles. The van der Waals surface area contributed by atoms with Gasteiger partial charge in [0.15, 0.2) is 0 Å². The molecule has 0 bridgehead atoms. The number of hydrogen-bond donors (Lipinski definition) is 2. The summed E-state index contributed by atoms with van der Waals surface area (Å²) in [4.78, 5) is 23.0. The molecular weight excluding hydrogens is 259 g/mol. The van der Waals surface area contributed by atoms with Crippen LogP contribution in [0.25, 0.3) is 0 Å². The van der Waals surface area contributed by atoms with Gasteiger partial charge in [-0.05, 0) is 0 Å². The molecule has 1 heterocycles. The summed E-state index contributed by atoms with van der Waals surface area (Å²) in [6, 6.07) is -1.22. The molecule has 0 spiro atoms. The fraction of sp³-hybridized carbons (Fsp3) is 0.778. The number of hydrogen-bond acceptors (Lipinski definition) is 4. The van der Waals surface area contributed by atoms with E-state index in [0.29, 0.717) is 0 Å². The Bertz CT molecular complexity index is 333. The Morgan fingerprint density at radius 1 is 1.39 bits per heavy atom. The Morgan fingerprint density at radius 3 is 2.50 bits per heavy atom. The molecule has 0 radical (unpaired) electrons. The monoisotopic (exact) mass is 271 g/mol. The number of carboxylic acids is 1. The molecule has 1 rings (SSSR count). The van der Waals surface area contributed by atoms with Crippen molar-refractivity contribution in [2.24, 2.45) is 0 Å². The number of ether oxygens (including phenoxy) is 1. The molecule has 1 aliphatic rings. The Kier molecular flexibility index (Phi) is 4.52. The second kappa shape index (κ2) is 5.53. The maximum atomic E-state index is 11.8. The Morgan fingerprint density at radius 2 is 2.00 bits per heavy atom. The van der Waals surface area contributed by atoms with Gasteiger partial charge < -0.3 is 19.8 Å². The molecule has 18 heavy (non-hydrogen) atoms. The van der Waals surface area contributed by atoms with E-state index in [-0.39, 0.29) is 13.0 Å². The van der Waals surface area contributed by atoms with E-state index in [1.54, 1.807) is 0 Å². The van der Waals surface area contributed by atoms with Crippen LogP contribution in [-0.4, -0.2) is 65.1 Å². The van der Waals surface area contributed by atoms with Crippen molar-refractivity contribution in [3.05, 3.63) is 0 Å².